The molecule has 2 heterocycles. The number of likely N-dealkylation sites (tertiary alicyclic amines) is 1. The van der Waals surface area contributed by atoms with Gasteiger partial charge in [-0.25, -0.2) is 4.98 Å². The Morgan fingerprint density at radius 1 is 1.00 bits per heavy atom. The third-order valence-corrected chi connectivity index (χ3v) is 6.35. The minimum Gasteiger partial charge on any atom is -0.497 e. The lowest BCUT2D eigenvalue weighted by Gasteiger charge is -2.31. The Morgan fingerprint density at radius 2 is 1.70 bits per heavy atom. The van der Waals surface area contributed by atoms with Crippen LogP contribution in [0.25, 0.3) is 11.1 Å². The second-order valence-corrected chi connectivity index (χ2v) is 8.67. The van der Waals surface area contributed by atoms with E-state index in [2.05, 4.69) is 10.3 Å². The number of hydrogen-bond acceptors (Lipinski definition) is 6. The molecule has 0 atom stereocenters. The molecule has 2 aliphatic rings. The lowest BCUT2D eigenvalue weighted by atomic mass is 9.95. The summed E-state index contributed by atoms with van der Waals surface area (Å²) >= 11 is 0. The van der Waals surface area contributed by atoms with Crippen molar-refractivity contribution in [2.75, 3.05) is 32.6 Å². The number of methoxy groups -OCH3 is 2. The Hall–Kier alpha value is -3.55. The molecule has 0 spiro atoms. The molecule has 2 aromatic carbocycles. The van der Waals surface area contributed by atoms with Crippen molar-refractivity contribution in [2.45, 2.75) is 31.6 Å². The van der Waals surface area contributed by atoms with E-state index in [9.17, 15) is 9.59 Å². The Bertz CT molecular complexity index is 1170. The maximum Gasteiger partial charge on any atom is 0.254 e. The summed E-state index contributed by atoms with van der Waals surface area (Å²) in [7, 11) is 3.11. The minimum atomic E-state index is -0.149. The van der Waals surface area contributed by atoms with Gasteiger partial charge in [-0.3, -0.25) is 9.59 Å². The van der Waals surface area contributed by atoms with Crippen LogP contribution in [0.15, 0.2) is 40.8 Å². The fourth-order valence-corrected chi connectivity index (χ4v) is 4.23. The summed E-state index contributed by atoms with van der Waals surface area (Å²) in [4.78, 5) is 32.2. The van der Waals surface area contributed by atoms with Crippen LogP contribution < -0.4 is 14.8 Å². The topological polar surface area (TPSA) is 93.9 Å². The second-order valence-electron chi connectivity index (χ2n) is 8.67. The molecule has 0 bridgehead atoms. The maximum absolute atomic E-state index is 13.0. The van der Waals surface area contributed by atoms with Crippen molar-refractivity contribution >= 4 is 28.6 Å². The lowest BCUT2D eigenvalue weighted by Crippen LogP contribution is -2.41. The van der Waals surface area contributed by atoms with Crippen LogP contribution in [0, 0.1) is 5.92 Å². The number of anilines is 1. The van der Waals surface area contributed by atoms with Gasteiger partial charge in [0.25, 0.3) is 5.91 Å². The SMILES string of the molecule is COc1cc(OC)cc(C(=O)N2CCC(C(=O)Nc3ccc4oc(C5CC5)nc4c3)CC2)c1. The zero-order valence-electron chi connectivity index (χ0n) is 18.8. The predicted molar refractivity (Wildman–Crippen MR) is 123 cm³/mol. The van der Waals surface area contributed by atoms with Crippen molar-refractivity contribution in [1.29, 1.82) is 0 Å². The number of ether oxygens (including phenoxy) is 2. The molecule has 3 aromatic rings. The first-order chi connectivity index (χ1) is 16.0. The highest BCUT2D eigenvalue weighted by Gasteiger charge is 2.30. The van der Waals surface area contributed by atoms with E-state index in [1.807, 2.05) is 18.2 Å². The molecule has 1 aromatic heterocycles. The fraction of sp³-hybridized carbons (Fsp3) is 0.400. The molecule has 1 saturated heterocycles. The minimum absolute atomic E-state index is 0.0320. The van der Waals surface area contributed by atoms with Gasteiger partial charge in [0, 0.05) is 42.2 Å². The highest BCUT2D eigenvalue weighted by molar-refractivity contribution is 5.96. The Balaban J connectivity index is 1.20. The molecule has 1 saturated carbocycles. The summed E-state index contributed by atoms with van der Waals surface area (Å²) in [6.07, 6.45) is 3.47. The summed E-state index contributed by atoms with van der Waals surface area (Å²) in [5.74, 6) is 2.11. The van der Waals surface area contributed by atoms with Gasteiger partial charge in [-0.2, -0.15) is 0 Å². The standard InChI is InChI=1S/C25H27N3O5/c1-31-19-11-17(12-20(14-19)32-2)25(30)28-9-7-15(8-10-28)23(29)26-18-5-6-22-21(13-18)27-24(33-22)16-3-4-16/h5-6,11-16H,3-4,7-10H2,1-2H3,(H,26,29). The largest absolute Gasteiger partial charge is 0.497 e. The van der Waals surface area contributed by atoms with E-state index >= 15 is 0 Å². The van der Waals surface area contributed by atoms with Crippen LogP contribution in [-0.4, -0.2) is 49.0 Å². The highest BCUT2D eigenvalue weighted by atomic mass is 16.5. The van der Waals surface area contributed by atoms with Gasteiger partial charge < -0.3 is 24.1 Å². The van der Waals surface area contributed by atoms with Gasteiger partial charge in [-0.15, -0.1) is 0 Å². The quantitative estimate of drug-likeness (QED) is 0.606. The molecular weight excluding hydrogens is 422 g/mol. The first-order valence-electron chi connectivity index (χ1n) is 11.3. The van der Waals surface area contributed by atoms with Crippen LogP contribution in [0.5, 0.6) is 11.5 Å². The number of amides is 2. The normalized spacial score (nSPS) is 16.6. The van der Waals surface area contributed by atoms with Crippen molar-refractivity contribution in [3.63, 3.8) is 0 Å². The van der Waals surface area contributed by atoms with Crippen LogP contribution in [-0.2, 0) is 4.79 Å². The average molecular weight is 450 g/mol. The molecule has 8 nitrogen and oxygen atoms in total. The van der Waals surface area contributed by atoms with E-state index in [4.69, 9.17) is 13.9 Å². The molecular formula is C25H27N3O5. The number of oxazole rings is 1. The summed E-state index contributed by atoms with van der Waals surface area (Å²) < 4.78 is 16.3. The van der Waals surface area contributed by atoms with Gasteiger partial charge in [0.05, 0.1) is 14.2 Å². The number of fused-ring (bicyclic) bond motifs is 1. The molecule has 2 amide bonds. The van der Waals surface area contributed by atoms with Gasteiger partial charge in [-0.1, -0.05) is 0 Å². The number of carbonyl (C=O) groups excluding carboxylic acids is 2. The number of hydrogen-bond donors (Lipinski definition) is 1. The smallest absolute Gasteiger partial charge is 0.254 e. The molecule has 2 fully saturated rings. The second kappa shape index (κ2) is 8.77. The summed E-state index contributed by atoms with van der Waals surface area (Å²) in [5.41, 5.74) is 2.74. The average Bonchev–Trinajstić information content (AvgIpc) is 3.62. The van der Waals surface area contributed by atoms with Crippen LogP contribution >= 0.6 is 0 Å². The molecule has 1 N–H and O–H groups in total. The molecule has 172 valence electrons. The first-order valence-corrected chi connectivity index (χ1v) is 11.3. The zero-order chi connectivity index (χ0) is 22.9. The van der Waals surface area contributed by atoms with Crippen molar-refractivity contribution in [2.24, 2.45) is 5.92 Å². The first kappa shape index (κ1) is 21.3. The third-order valence-electron chi connectivity index (χ3n) is 6.35. The molecule has 0 radical (unpaired) electrons. The Labute approximate surface area is 191 Å². The number of carbonyl (C=O) groups is 2. The van der Waals surface area contributed by atoms with Gasteiger partial charge in [0.1, 0.15) is 17.0 Å². The van der Waals surface area contributed by atoms with Crippen molar-refractivity contribution in [3.05, 3.63) is 47.9 Å². The summed E-state index contributed by atoms with van der Waals surface area (Å²) in [6, 6.07) is 10.7. The summed E-state index contributed by atoms with van der Waals surface area (Å²) in [5, 5.41) is 3.01. The van der Waals surface area contributed by atoms with Crippen molar-refractivity contribution in [3.8, 4) is 11.5 Å². The third kappa shape index (κ3) is 4.51. The van der Waals surface area contributed by atoms with Gasteiger partial charge in [0.15, 0.2) is 11.5 Å². The van der Waals surface area contributed by atoms with Crippen LogP contribution in [0.2, 0.25) is 0 Å². The van der Waals surface area contributed by atoms with Crippen LogP contribution in [0.1, 0.15) is 47.8 Å². The van der Waals surface area contributed by atoms with Gasteiger partial charge >= 0.3 is 0 Å². The molecule has 1 aliphatic carbocycles. The van der Waals surface area contributed by atoms with E-state index in [0.717, 1.165) is 29.8 Å². The van der Waals surface area contributed by atoms with Crippen molar-refractivity contribution in [1.82, 2.24) is 9.88 Å². The maximum atomic E-state index is 13.0. The molecule has 8 heteroatoms. The number of benzene rings is 2. The number of nitrogens with zero attached hydrogens (tertiary/aromatic N) is 2. The summed E-state index contributed by atoms with van der Waals surface area (Å²) in [6.45, 7) is 1.03. The number of piperidine rings is 1. The zero-order valence-corrected chi connectivity index (χ0v) is 18.8. The molecule has 5 rings (SSSR count). The Morgan fingerprint density at radius 3 is 2.33 bits per heavy atom. The lowest BCUT2D eigenvalue weighted by molar-refractivity contribution is -0.121. The number of nitrogens with one attached hydrogen (secondary N) is 1. The number of aromatic nitrogens is 1. The fourth-order valence-electron chi connectivity index (χ4n) is 4.23. The van der Waals surface area contributed by atoms with E-state index < -0.39 is 0 Å². The monoisotopic (exact) mass is 449 g/mol. The van der Waals surface area contributed by atoms with E-state index in [-0.39, 0.29) is 17.7 Å². The Kier molecular flexibility index (Phi) is 5.66. The highest BCUT2D eigenvalue weighted by Crippen LogP contribution is 2.40. The predicted octanol–water partition coefficient (Wildman–Crippen LogP) is 4.21. The molecule has 33 heavy (non-hydrogen) atoms. The van der Waals surface area contributed by atoms with E-state index in [1.54, 1.807) is 37.3 Å². The van der Waals surface area contributed by atoms with E-state index in [1.165, 1.54) is 0 Å². The van der Waals surface area contributed by atoms with E-state index in [0.29, 0.717) is 54.6 Å². The molecule has 0 unspecified atom stereocenters. The van der Waals surface area contributed by atoms with Crippen LogP contribution in [0.3, 0.4) is 0 Å². The molecule has 1 aliphatic heterocycles. The van der Waals surface area contributed by atoms with Crippen LogP contribution in [0.4, 0.5) is 5.69 Å². The van der Waals surface area contributed by atoms with Crippen molar-refractivity contribution < 1.29 is 23.5 Å². The number of rotatable bonds is 6. The van der Waals surface area contributed by atoms with Gasteiger partial charge in [0.2, 0.25) is 5.91 Å². The van der Waals surface area contributed by atoms with Gasteiger partial charge in [-0.05, 0) is 56.0 Å².